The molecule has 0 bridgehead atoms. The zero-order chi connectivity index (χ0) is 14.3. The highest BCUT2D eigenvalue weighted by Crippen LogP contribution is 2.22. The summed E-state index contributed by atoms with van der Waals surface area (Å²) in [6.45, 7) is 4.62. The van der Waals surface area contributed by atoms with Crippen LogP contribution >= 0.6 is 0 Å². The van der Waals surface area contributed by atoms with E-state index in [-0.39, 0.29) is 6.04 Å². The largest absolute Gasteiger partial charge is 0.346 e. The van der Waals surface area contributed by atoms with Crippen molar-refractivity contribution in [3.8, 4) is 0 Å². The van der Waals surface area contributed by atoms with Crippen molar-refractivity contribution >= 4 is 22.1 Å². The summed E-state index contributed by atoms with van der Waals surface area (Å²) in [5.41, 5.74) is 6.00. The minimum absolute atomic E-state index is 0.225. The topological polar surface area (TPSA) is 87.8 Å². The van der Waals surface area contributed by atoms with E-state index in [4.69, 9.17) is 5.84 Å². The molecule has 3 aromatic heterocycles. The predicted molar refractivity (Wildman–Crippen MR) is 78.4 cm³/mol. The summed E-state index contributed by atoms with van der Waals surface area (Å²) in [7, 11) is 2.01. The van der Waals surface area contributed by atoms with Crippen LogP contribution < -0.4 is 11.3 Å². The molecule has 7 nitrogen and oxygen atoms in total. The number of nitrogens with two attached hydrogens (primary N) is 1. The van der Waals surface area contributed by atoms with Gasteiger partial charge in [-0.1, -0.05) is 0 Å². The average molecular weight is 273 g/mol. The van der Waals surface area contributed by atoms with Gasteiger partial charge >= 0.3 is 0 Å². The Balaban J connectivity index is 1.98. The van der Waals surface area contributed by atoms with Crippen LogP contribution in [-0.4, -0.2) is 30.7 Å². The van der Waals surface area contributed by atoms with Gasteiger partial charge in [0, 0.05) is 24.7 Å². The summed E-state index contributed by atoms with van der Waals surface area (Å²) in [5, 5.41) is 2.67. The van der Waals surface area contributed by atoms with Crippen LogP contribution in [-0.2, 0) is 13.6 Å². The van der Waals surface area contributed by atoms with Crippen LogP contribution in [0.1, 0.15) is 19.7 Å². The highest BCUT2D eigenvalue weighted by molar-refractivity contribution is 6.01. The van der Waals surface area contributed by atoms with Crippen LogP contribution in [0.25, 0.3) is 22.1 Å². The number of aromatic amines is 1. The van der Waals surface area contributed by atoms with Crippen LogP contribution in [0.5, 0.6) is 0 Å². The van der Waals surface area contributed by atoms with E-state index in [0.29, 0.717) is 6.54 Å². The second-order valence-electron chi connectivity index (χ2n) is 5.15. The maximum absolute atomic E-state index is 5.85. The zero-order valence-electron chi connectivity index (χ0n) is 11.9. The summed E-state index contributed by atoms with van der Waals surface area (Å²) in [5.74, 6) is 6.77. The van der Waals surface area contributed by atoms with Crippen molar-refractivity contribution in [1.29, 1.82) is 0 Å². The minimum Gasteiger partial charge on any atom is -0.346 e. The number of rotatable bonds is 4. The number of nitrogens with zero attached hydrogens (tertiary/aromatic N) is 4. The average Bonchev–Trinajstić information content (AvgIpc) is 3.00. The van der Waals surface area contributed by atoms with Crippen molar-refractivity contribution in [3.05, 3.63) is 24.3 Å². The number of pyridine rings is 1. The maximum Gasteiger partial charge on any atom is 0.139 e. The molecule has 3 rings (SSSR count). The van der Waals surface area contributed by atoms with Gasteiger partial charge in [-0.2, -0.15) is 5.12 Å². The third kappa shape index (κ3) is 2.05. The highest BCUT2D eigenvalue weighted by Gasteiger charge is 2.13. The van der Waals surface area contributed by atoms with E-state index in [2.05, 4.69) is 24.9 Å². The number of nitrogens with one attached hydrogen (secondary N) is 2. The fourth-order valence-corrected chi connectivity index (χ4v) is 2.26. The zero-order valence-corrected chi connectivity index (χ0v) is 11.9. The number of hydrogen-bond acceptors (Lipinski definition) is 5. The predicted octanol–water partition coefficient (Wildman–Crippen LogP) is 1.04. The van der Waals surface area contributed by atoms with Crippen molar-refractivity contribution in [2.75, 3.05) is 0 Å². The van der Waals surface area contributed by atoms with Crippen LogP contribution in [0.3, 0.4) is 0 Å². The Hall–Kier alpha value is -1.96. The molecule has 0 aromatic carbocycles. The molecule has 0 fully saturated rings. The lowest BCUT2D eigenvalue weighted by Crippen LogP contribution is -2.48. The van der Waals surface area contributed by atoms with Crippen LogP contribution in [0.4, 0.5) is 0 Å². The van der Waals surface area contributed by atoms with Gasteiger partial charge in [-0.05, 0) is 19.9 Å². The van der Waals surface area contributed by atoms with Crippen LogP contribution in [0.15, 0.2) is 18.5 Å². The van der Waals surface area contributed by atoms with Crippen molar-refractivity contribution < 1.29 is 0 Å². The first-order valence-electron chi connectivity index (χ1n) is 6.62. The van der Waals surface area contributed by atoms with Gasteiger partial charge in [0.1, 0.15) is 17.0 Å². The number of hydrogen-bond donors (Lipinski definition) is 3. The van der Waals surface area contributed by atoms with E-state index in [0.717, 1.165) is 27.9 Å². The standard InChI is InChI=1S/C13H19N7/c1-8(2)20(14)17-7-11-18-10-6-16-13-9(4-5-15-13)12(10)19(11)3/h4-6,8,17H,7,14H2,1-3H3,(H,15,16). The van der Waals surface area contributed by atoms with Crippen molar-refractivity contribution in [2.45, 2.75) is 26.4 Å². The smallest absolute Gasteiger partial charge is 0.139 e. The first-order valence-corrected chi connectivity index (χ1v) is 6.62. The molecular weight excluding hydrogens is 254 g/mol. The van der Waals surface area contributed by atoms with Gasteiger partial charge in [0.25, 0.3) is 0 Å². The molecule has 0 radical (unpaired) electrons. The molecule has 7 heteroatoms. The molecule has 0 aliphatic heterocycles. The van der Waals surface area contributed by atoms with Crippen molar-refractivity contribution in [1.82, 2.24) is 30.1 Å². The van der Waals surface area contributed by atoms with E-state index in [1.54, 1.807) is 11.3 Å². The van der Waals surface area contributed by atoms with Gasteiger partial charge in [-0.3, -0.25) is 5.84 Å². The van der Waals surface area contributed by atoms with Gasteiger partial charge in [0.15, 0.2) is 0 Å². The summed E-state index contributed by atoms with van der Waals surface area (Å²) in [4.78, 5) is 12.1. The van der Waals surface area contributed by atoms with Gasteiger partial charge in [0.05, 0.1) is 18.3 Å². The Morgan fingerprint density at radius 1 is 1.50 bits per heavy atom. The molecule has 0 atom stereocenters. The summed E-state index contributed by atoms with van der Waals surface area (Å²) >= 11 is 0. The Bertz CT molecular complexity index is 740. The van der Waals surface area contributed by atoms with Gasteiger partial charge in [-0.25, -0.2) is 15.4 Å². The van der Waals surface area contributed by atoms with E-state index in [1.165, 1.54) is 0 Å². The Kier molecular flexibility index (Phi) is 3.17. The first-order chi connectivity index (χ1) is 9.58. The summed E-state index contributed by atoms with van der Waals surface area (Å²) < 4.78 is 2.08. The SMILES string of the molecule is CC(C)N(N)NCc1nc2cnc3[nH]ccc3c2n1C. The fourth-order valence-electron chi connectivity index (χ4n) is 2.26. The Morgan fingerprint density at radius 3 is 3.05 bits per heavy atom. The third-order valence-electron chi connectivity index (χ3n) is 3.49. The van der Waals surface area contributed by atoms with Gasteiger partial charge < -0.3 is 9.55 Å². The van der Waals surface area contributed by atoms with E-state index in [9.17, 15) is 0 Å². The number of aryl methyl sites for hydroxylation is 1. The van der Waals surface area contributed by atoms with E-state index >= 15 is 0 Å². The van der Waals surface area contributed by atoms with Crippen molar-refractivity contribution in [2.24, 2.45) is 12.9 Å². The monoisotopic (exact) mass is 273 g/mol. The van der Waals surface area contributed by atoms with E-state index < -0.39 is 0 Å². The number of aromatic nitrogens is 4. The molecule has 0 aliphatic rings. The number of hydrazine groups is 2. The Morgan fingerprint density at radius 2 is 2.30 bits per heavy atom. The molecule has 0 amide bonds. The molecule has 0 aliphatic carbocycles. The molecule has 0 saturated heterocycles. The molecule has 0 unspecified atom stereocenters. The van der Waals surface area contributed by atoms with E-state index in [1.807, 2.05) is 33.2 Å². The maximum atomic E-state index is 5.85. The molecular formula is C13H19N7. The molecule has 4 N–H and O–H groups in total. The second-order valence-corrected chi connectivity index (χ2v) is 5.15. The molecule has 0 spiro atoms. The fraction of sp³-hybridized carbons (Fsp3) is 0.385. The lowest BCUT2D eigenvalue weighted by atomic mass is 10.3. The minimum atomic E-state index is 0.225. The lowest BCUT2D eigenvalue weighted by Gasteiger charge is -2.21. The second kappa shape index (κ2) is 4.86. The summed E-state index contributed by atoms with van der Waals surface area (Å²) in [6.07, 6.45) is 3.68. The quantitative estimate of drug-likeness (QED) is 0.488. The van der Waals surface area contributed by atoms with Crippen LogP contribution in [0.2, 0.25) is 0 Å². The van der Waals surface area contributed by atoms with Crippen molar-refractivity contribution in [3.63, 3.8) is 0 Å². The molecule has 3 heterocycles. The molecule has 106 valence electrons. The number of H-pyrrole nitrogens is 1. The lowest BCUT2D eigenvalue weighted by molar-refractivity contribution is 0.140. The Labute approximate surface area is 116 Å². The molecule has 20 heavy (non-hydrogen) atoms. The normalized spacial score (nSPS) is 12.3. The summed E-state index contributed by atoms with van der Waals surface area (Å²) in [6, 6.07) is 2.25. The number of imidazole rings is 1. The first kappa shape index (κ1) is 13.0. The van der Waals surface area contributed by atoms with Gasteiger partial charge in [0.2, 0.25) is 0 Å². The van der Waals surface area contributed by atoms with Crippen LogP contribution in [0, 0.1) is 0 Å². The third-order valence-corrected chi connectivity index (χ3v) is 3.49. The number of fused-ring (bicyclic) bond motifs is 3. The molecule has 0 saturated carbocycles. The van der Waals surface area contributed by atoms with Gasteiger partial charge in [-0.15, -0.1) is 0 Å². The highest BCUT2D eigenvalue weighted by atomic mass is 15.7. The molecule has 3 aromatic rings.